The molecule has 3 aromatic rings. The Kier molecular flexibility index (Phi) is 4.28. The van der Waals surface area contributed by atoms with E-state index in [2.05, 4.69) is 15.0 Å². The summed E-state index contributed by atoms with van der Waals surface area (Å²) in [6.07, 6.45) is 9.59. The SMILES string of the molecule is Cn1cncc1COc1c(C2CCC2)ccc(-c2cnc(N)cn2)c1F. The van der Waals surface area contributed by atoms with E-state index in [0.717, 1.165) is 24.1 Å². The molecule has 1 aliphatic carbocycles. The number of hydrogen-bond acceptors (Lipinski definition) is 5. The highest BCUT2D eigenvalue weighted by atomic mass is 19.1. The summed E-state index contributed by atoms with van der Waals surface area (Å²) in [5.41, 5.74) is 8.17. The number of nitrogens with zero attached hydrogens (tertiary/aromatic N) is 4. The number of nitrogen functional groups attached to an aromatic ring is 1. The third-order valence-electron chi connectivity index (χ3n) is 4.90. The molecule has 1 saturated carbocycles. The maximum Gasteiger partial charge on any atom is 0.174 e. The minimum absolute atomic E-state index is 0.254. The molecule has 6 nitrogen and oxygen atoms in total. The highest BCUT2D eigenvalue weighted by Crippen LogP contribution is 2.43. The van der Waals surface area contributed by atoms with E-state index < -0.39 is 5.82 Å². The molecule has 2 N–H and O–H groups in total. The Balaban J connectivity index is 1.71. The van der Waals surface area contributed by atoms with Crippen LogP contribution < -0.4 is 10.5 Å². The molecule has 26 heavy (non-hydrogen) atoms. The van der Waals surface area contributed by atoms with E-state index in [1.807, 2.05) is 17.7 Å². The molecule has 0 bridgehead atoms. The quantitative estimate of drug-likeness (QED) is 0.760. The average molecular weight is 353 g/mol. The van der Waals surface area contributed by atoms with Crippen molar-refractivity contribution in [2.45, 2.75) is 31.8 Å². The van der Waals surface area contributed by atoms with E-state index >= 15 is 4.39 Å². The fraction of sp³-hybridized carbons (Fsp3) is 0.316. The van der Waals surface area contributed by atoms with Crippen LogP contribution in [0.1, 0.15) is 36.4 Å². The Labute approximate surface area is 150 Å². The van der Waals surface area contributed by atoms with Gasteiger partial charge in [0.2, 0.25) is 0 Å². The Morgan fingerprint density at radius 2 is 2.08 bits per heavy atom. The number of rotatable bonds is 5. The van der Waals surface area contributed by atoms with E-state index in [0.29, 0.717) is 28.7 Å². The molecule has 1 aliphatic rings. The summed E-state index contributed by atoms with van der Waals surface area (Å²) in [6.45, 7) is 0.254. The monoisotopic (exact) mass is 353 g/mol. The number of benzene rings is 1. The molecule has 0 atom stereocenters. The van der Waals surface area contributed by atoms with Crippen LogP contribution in [0.25, 0.3) is 11.3 Å². The van der Waals surface area contributed by atoms with E-state index in [1.165, 1.54) is 18.8 Å². The van der Waals surface area contributed by atoms with E-state index in [9.17, 15) is 0 Å². The van der Waals surface area contributed by atoms with Gasteiger partial charge in [0.25, 0.3) is 0 Å². The van der Waals surface area contributed by atoms with Crippen LogP contribution in [-0.2, 0) is 13.7 Å². The van der Waals surface area contributed by atoms with E-state index in [-0.39, 0.29) is 6.61 Å². The molecule has 7 heteroatoms. The lowest BCUT2D eigenvalue weighted by atomic mass is 9.79. The molecule has 0 aliphatic heterocycles. The summed E-state index contributed by atoms with van der Waals surface area (Å²) in [6, 6.07) is 3.69. The third-order valence-corrected chi connectivity index (χ3v) is 4.90. The van der Waals surface area contributed by atoms with Crippen LogP contribution in [0.15, 0.2) is 37.1 Å². The summed E-state index contributed by atoms with van der Waals surface area (Å²) < 4.78 is 23.1. The summed E-state index contributed by atoms with van der Waals surface area (Å²) in [5.74, 6) is 0.535. The summed E-state index contributed by atoms with van der Waals surface area (Å²) in [7, 11) is 1.88. The molecule has 0 radical (unpaired) electrons. The highest BCUT2D eigenvalue weighted by molar-refractivity contribution is 5.64. The summed E-state index contributed by atoms with van der Waals surface area (Å²) in [4.78, 5) is 12.3. The maximum atomic E-state index is 15.3. The van der Waals surface area contributed by atoms with E-state index in [1.54, 1.807) is 18.6 Å². The topological polar surface area (TPSA) is 78.8 Å². The number of aromatic nitrogens is 4. The number of anilines is 1. The van der Waals surface area contributed by atoms with Gasteiger partial charge in [-0.15, -0.1) is 0 Å². The fourth-order valence-corrected chi connectivity index (χ4v) is 3.10. The van der Waals surface area contributed by atoms with Crippen molar-refractivity contribution in [3.63, 3.8) is 0 Å². The highest BCUT2D eigenvalue weighted by Gasteiger charge is 2.27. The van der Waals surface area contributed by atoms with Crippen molar-refractivity contribution in [1.29, 1.82) is 0 Å². The molecule has 0 unspecified atom stereocenters. The molecule has 2 heterocycles. The van der Waals surface area contributed by atoms with Gasteiger partial charge in [-0.05, 0) is 24.8 Å². The minimum atomic E-state index is -0.407. The number of nitrogens with two attached hydrogens (primary N) is 1. The average Bonchev–Trinajstić information content (AvgIpc) is 2.99. The zero-order valence-electron chi connectivity index (χ0n) is 14.5. The van der Waals surface area contributed by atoms with Gasteiger partial charge >= 0.3 is 0 Å². The van der Waals surface area contributed by atoms with Gasteiger partial charge in [-0.25, -0.2) is 14.4 Å². The number of imidazole rings is 1. The molecule has 0 amide bonds. The van der Waals surface area contributed by atoms with Crippen molar-refractivity contribution in [1.82, 2.24) is 19.5 Å². The Bertz CT molecular complexity index is 918. The molecule has 1 fully saturated rings. The van der Waals surface area contributed by atoms with Crippen LogP contribution in [-0.4, -0.2) is 19.5 Å². The zero-order valence-corrected chi connectivity index (χ0v) is 14.5. The van der Waals surface area contributed by atoms with Gasteiger partial charge in [0.05, 0.1) is 36.3 Å². The lowest BCUT2D eigenvalue weighted by Gasteiger charge is -2.28. The predicted molar refractivity (Wildman–Crippen MR) is 96.0 cm³/mol. The van der Waals surface area contributed by atoms with Crippen molar-refractivity contribution >= 4 is 5.82 Å². The third kappa shape index (κ3) is 3.00. The zero-order chi connectivity index (χ0) is 18.1. The van der Waals surface area contributed by atoms with Gasteiger partial charge in [-0.2, -0.15) is 0 Å². The molecule has 0 spiro atoms. The van der Waals surface area contributed by atoms with Gasteiger partial charge in [0, 0.05) is 18.2 Å². The van der Waals surface area contributed by atoms with Crippen LogP contribution >= 0.6 is 0 Å². The molecule has 1 aromatic carbocycles. The van der Waals surface area contributed by atoms with Gasteiger partial charge in [-0.1, -0.05) is 12.5 Å². The predicted octanol–water partition coefficient (Wildman–Crippen LogP) is 3.44. The lowest BCUT2D eigenvalue weighted by Crippen LogP contribution is -2.13. The van der Waals surface area contributed by atoms with Gasteiger partial charge in [0.1, 0.15) is 12.4 Å². The van der Waals surface area contributed by atoms with Crippen molar-refractivity contribution in [2.24, 2.45) is 7.05 Å². The number of halogens is 1. The van der Waals surface area contributed by atoms with Gasteiger partial charge in [0.15, 0.2) is 11.6 Å². The largest absolute Gasteiger partial charge is 0.484 e. The van der Waals surface area contributed by atoms with Crippen molar-refractivity contribution in [3.05, 3.63) is 54.1 Å². The first kappa shape index (κ1) is 16.5. The van der Waals surface area contributed by atoms with Gasteiger partial charge < -0.3 is 15.0 Å². The second-order valence-corrected chi connectivity index (χ2v) is 6.58. The fourth-order valence-electron chi connectivity index (χ4n) is 3.10. The molecular weight excluding hydrogens is 333 g/mol. The Hall–Kier alpha value is -2.96. The Morgan fingerprint density at radius 3 is 2.69 bits per heavy atom. The van der Waals surface area contributed by atoms with Crippen molar-refractivity contribution in [3.8, 4) is 17.0 Å². The number of hydrogen-bond donors (Lipinski definition) is 1. The second-order valence-electron chi connectivity index (χ2n) is 6.58. The van der Waals surface area contributed by atoms with Crippen LogP contribution in [0, 0.1) is 5.82 Å². The van der Waals surface area contributed by atoms with Gasteiger partial charge in [-0.3, -0.25) is 4.98 Å². The lowest BCUT2D eigenvalue weighted by molar-refractivity contribution is 0.271. The molecule has 4 rings (SSSR count). The van der Waals surface area contributed by atoms with Crippen LogP contribution in [0.3, 0.4) is 0 Å². The van der Waals surface area contributed by atoms with Crippen molar-refractivity contribution < 1.29 is 9.13 Å². The molecule has 0 saturated heterocycles. The normalized spacial score (nSPS) is 14.2. The van der Waals surface area contributed by atoms with Crippen LogP contribution in [0.2, 0.25) is 0 Å². The smallest absolute Gasteiger partial charge is 0.174 e. The molecule has 134 valence electrons. The second kappa shape index (κ2) is 6.74. The van der Waals surface area contributed by atoms with Crippen LogP contribution in [0.4, 0.5) is 10.2 Å². The summed E-state index contributed by atoms with van der Waals surface area (Å²) >= 11 is 0. The molecule has 2 aromatic heterocycles. The number of aryl methyl sites for hydroxylation is 1. The van der Waals surface area contributed by atoms with Crippen molar-refractivity contribution in [2.75, 3.05) is 5.73 Å². The number of ether oxygens (including phenoxy) is 1. The first-order valence-corrected chi connectivity index (χ1v) is 8.61. The van der Waals surface area contributed by atoms with Crippen LogP contribution in [0.5, 0.6) is 5.75 Å². The first-order valence-electron chi connectivity index (χ1n) is 8.61. The van der Waals surface area contributed by atoms with E-state index in [4.69, 9.17) is 10.5 Å². The summed E-state index contributed by atoms with van der Waals surface area (Å²) in [5, 5.41) is 0. The standard InChI is InChI=1S/C19H20FN5O/c1-25-11-22-7-13(25)10-26-19-14(12-3-2-4-12)5-6-15(18(19)20)16-8-24-17(21)9-23-16/h5-9,11-12H,2-4,10H2,1H3,(H2,21,24). The molecular formula is C19H20FN5O. The Morgan fingerprint density at radius 1 is 1.23 bits per heavy atom. The first-order chi connectivity index (χ1) is 12.6. The maximum absolute atomic E-state index is 15.3. The minimum Gasteiger partial charge on any atom is -0.484 e.